The van der Waals surface area contributed by atoms with Gasteiger partial charge in [-0.05, 0) is 49.7 Å². The van der Waals surface area contributed by atoms with E-state index in [0.29, 0.717) is 5.92 Å². The number of aryl methyl sites for hydroxylation is 1. The van der Waals surface area contributed by atoms with E-state index in [1.165, 1.54) is 23.3 Å². The lowest BCUT2D eigenvalue weighted by atomic mass is 9.74. The van der Waals surface area contributed by atoms with Gasteiger partial charge in [0, 0.05) is 38.3 Å². The Morgan fingerprint density at radius 1 is 1.24 bits per heavy atom. The van der Waals surface area contributed by atoms with Gasteiger partial charge in [-0.3, -0.25) is 4.79 Å². The van der Waals surface area contributed by atoms with Gasteiger partial charge in [-0.25, -0.2) is 9.97 Å². The summed E-state index contributed by atoms with van der Waals surface area (Å²) in [5, 5.41) is 4.63. The zero-order valence-corrected chi connectivity index (χ0v) is 20.3. The van der Waals surface area contributed by atoms with Crippen molar-refractivity contribution in [3.63, 3.8) is 0 Å². The van der Waals surface area contributed by atoms with E-state index in [9.17, 15) is 4.79 Å². The van der Waals surface area contributed by atoms with Crippen LogP contribution in [0.4, 0.5) is 5.82 Å². The minimum absolute atomic E-state index is 0.00327. The summed E-state index contributed by atoms with van der Waals surface area (Å²) in [6.45, 7) is 8.24. The topological polar surface area (TPSA) is 67.4 Å². The number of carbonyl (C=O) groups excluding carboxylic acids is 1. The normalized spacial score (nSPS) is 20.7. The van der Waals surface area contributed by atoms with Crippen molar-refractivity contribution in [2.75, 3.05) is 38.2 Å². The number of thiophene rings is 1. The van der Waals surface area contributed by atoms with Crippen LogP contribution in [-0.2, 0) is 10.2 Å². The molecule has 2 aromatic heterocycles. The Balaban J connectivity index is 1.43. The van der Waals surface area contributed by atoms with Crippen LogP contribution < -0.4 is 5.32 Å². The summed E-state index contributed by atoms with van der Waals surface area (Å²) in [5.74, 6) is 1.52. The van der Waals surface area contributed by atoms with E-state index >= 15 is 0 Å². The molecule has 174 valence electrons. The zero-order valence-electron chi connectivity index (χ0n) is 19.5. The van der Waals surface area contributed by atoms with Gasteiger partial charge in [-0.1, -0.05) is 37.3 Å². The highest BCUT2D eigenvalue weighted by Crippen LogP contribution is 2.38. The van der Waals surface area contributed by atoms with Gasteiger partial charge in [0.25, 0.3) is 5.91 Å². The van der Waals surface area contributed by atoms with Gasteiger partial charge in [0.15, 0.2) is 0 Å². The quantitative estimate of drug-likeness (QED) is 0.573. The smallest absolute Gasteiger partial charge is 0.264 e. The number of hydrogen-bond acceptors (Lipinski definition) is 6. The SMILES string of the molecule is Cc1c(C(=O)N2CCC[C@@H](C)C2)sc2ncnc(NCC3(c4ccccc4)CCOCC3)c12. The molecule has 1 atom stereocenters. The summed E-state index contributed by atoms with van der Waals surface area (Å²) in [7, 11) is 0. The van der Waals surface area contributed by atoms with Gasteiger partial charge >= 0.3 is 0 Å². The molecule has 2 aliphatic heterocycles. The molecule has 4 heterocycles. The highest BCUT2D eigenvalue weighted by Gasteiger charge is 2.35. The molecule has 0 spiro atoms. The highest BCUT2D eigenvalue weighted by atomic mass is 32.1. The van der Waals surface area contributed by atoms with Crippen LogP contribution >= 0.6 is 11.3 Å². The summed E-state index contributed by atoms with van der Waals surface area (Å²) in [6.07, 6.45) is 5.82. The molecule has 1 amide bonds. The number of nitrogens with one attached hydrogen (secondary N) is 1. The molecule has 5 rings (SSSR count). The molecule has 2 fully saturated rings. The maximum Gasteiger partial charge on any atom is 0.264 e. The van der Waals surface area contributed by atoms with Crippen molar-refractivity contribution in [3.8, 4) is 0 Å². The number of ether oxygens (including phenoxy) is 1. The van der Waals surface area contributed by atoms with Crippen molar-refractivity contribution >= 4 is 33.3 Å². The van der Waals surface area contributed by atoms with Crippen molar-refractivity contribution in [3.05, 3.63) is 52.7 Å². The number of piperidine rings is 1. The van der Waals surface area contributed by atoms with Crippen LogP contribution in [0.2, 0.25) is 0 Å². The largest absolute Gasteiger partial charge is 0.381 e. The fourth-order valence-corrected chi connectivity index (χ4v) is 6.42. The Labute approximate surface area is 199 Å². The molecular formula is C26H32N4O2S. The van der Waals surface area contributed by atoms with E-state index in [0.717, 1.165) is 78.6 Å². The molecule has 6 nitrogen and oxygen atoms in total. The number of likely N-dealkylation sites (tertiary alicyclic amines) is 1. The number of benzene rings is 1. The lowest BCUT2D eigenvalue weighted by Gasteiger charge is -2.38. The number of amides is 1. The second kappa shape index (κ2) is 9.39. The summed E-state index contributed by atoms with van der Waals surface area (Å²) in [5.41, 5.74) is 2.33. The van der Waals surface area contributed by atoms with Crippen molar-refractivity contribution in [1.29, 1.82) is 0 Å². The molecule has 2 saturated heterocycles. The number of fused-ring (bicyclic) bond motifs is 1. The number of carbonyl (C=O) groups is 1. The van der Waals surface area contributed by atoms with Gasteiger partial charge in [0.05, 0.1) is 10.3 Å². The first-order valence-corrected chi connectivity index (χ1v) is 12.8. The van der Waals surface area contributed by atoms with E-state index in [1.807, 2.05) is 11.8 Å². The third kappa shape index (κ3) is 4.36. The van der Waals surface area contributed by atoms with Crippen LogP contribution in [0, 0.1) is 12.8 Å². The Morgan fingerprint density at radius 3 is 2.79 bits per heavy atom. The zero-order chi connectivity index (χ0) is 22.8. The number of anilines is 1. The van der Waals surface area contributed by atoms with Crippen molar-refractivity contribution in [2.24, 2.45) is 5.92 Å². The van der Waals surface area contributed by atoms with Gasteiger partial charge in [0.2, 0.25) is 0 Å². The lowest BCUT2D eigenvalue weighted by Crippen LogP contribution is -2.40. The Kier molecular flexibility index (Phi) is 6.34. The molecule has 0 unspecified atom stereocenters. The predicted molar refractivity (Wildman–Crippen MR) is 133 cm³/mol. The van der Waals surface area contributed by atoms with E-state index in [2.05, 4.69) is 52.5 Å². The van der Waals surface area contributed by atoms with Crippen LogP contribution in [-0.4, -0.2) is 53.6 Å². The average molecular weight is 465 g/mol. The number of nitrogens with zero attached hydrogens (tertiary/aromatic N) is 3. The van der Waals surface area contributed by atoms with Crippen LogP contribution in [0.1, 0.15) is 53.4 Å². The molecule has 1 aromatic carbocycles. The Bertz CT molecular complexity index is 1120. The number of hydrogen-bond donors (Lipinski definition) is 1. The van der Waals surface area contributed by atoms with Crippen molar-refractivity contribution in [2.45, 2.75) is 44.9 Å². The number of rotatable bonds is 5. The molecule has 0 aliphatic carbocycles. The van der Waals surface area contributed by atoms with Gasteiger partial charge in [-0.2, -0.15) is 0 Å². The second-order valence-corrected chi connectivity index (χ2v) is 10.6. The first kappa shape index (κ1) is 22.3. The first-order valence-electron chi connectivity index (χ1n) is 12.0. The maximum atomic E-state index is 13.3. The standard InChI is InChI=1S/C26H32N4O2S/c1-18-7-6-12-30(15-18)25(31)22-19(2)21-23(28-17-29-24(21)33-22)27-16-26(10-13-32-14-11-26)20-8-4-3-5-9-20/h3-5,8-9,17-18H,6-7,10-16H2,1-2H3,(H,27,28,29)/t18-/m1/s1. The fraction of sp³-hybridized carbons (Fsp3) is 0.500. The molecule has 7 heteroatoms. The fourth-order valence-electron chi connectivity index (χ4n) is 5.30. The molecular weight excluding hydrogens is 432 g/mol. The van der Waals surface area contributed by atoms with Gasteiger partial charge < -0.3 is 15.0 Å². The second-order valence-electron chi connectivity index (χ2n) is 9.57. The van der Waals surface area contributed by atoms with E-state index < -0.39 is 0 Å². The molecule has 2 aliphatic rings. The molecule has 0 bridgehead atoms. The third-order valence-corrected chi connectivity index (χ3v) is 8.48. The van der Waals surface area contributed by atoms with Crippen LogP contribution in [0.5, 0.6) is 0 Å². The Hall–Kier alpha value is -2.51. The maximum absolute atomic E-state index is 13.3. The summed E-state index contributed by atoms with van der Waals surface area (Å²) in [4.78, 5) is 26.1. The molecule has 0 radical (unpaired) electrons. The van der Waals surface area contributed by atoms with E-state index in [1.54, 1.807) is 6.33 Å². The third-order valence-electron chi connectivity index (χ3n) is 7.30. The van der Waals surface area contributed by atoms with Crippen LogP contribution in [0.15, 0.2) is 36.7 Å². The van der Waals surface area contributed by atoms with Crippen LogP contribution in [0.25, 0.3) is 10.2 Å². The van der Waals surface area contributed by atoms with E-state index in [4.69, 9.17) is 4.74 Å². The first-order chi connectivity index (χ1) is 16.1. The minimum Gasteiger partial charge on any atom is -0.381 e. The highest BCUT2D eigenvalue weighted by molar-refractivity contribution is 7.20. The monoisotopic (exact) mass is 464 g/mol. The van der Waals surface area contributed by atoms with Gasteiger partial charge in [-0.15, -0.1) is 11.3 Å². The predicted octanol–water partition coefficient (Wildman–Crippen LogP) is 5.03. The number of aromatic nitrogens is 2. The lowest BCUT2D eigenvalue weighted by molar-refractivity contribution is 0.0543. The van der Waals surface area contributed by atoms with Crippen LogP contribution in [0.3, 0.4) is 0 Å². The molecule has 3 aromatic rings. The molecule has 33 heavy (non-hydrogen) atoms. The van der Waals surface area contributed by atoms with Crippen molar-refractivity contribution in [1.82, 2.24) is 14.9 Å². The summed E-state index contributed by atoms with van der Waals surface area (Å²) >= 11 is 1.50. The summed E-state index contributed by atoms with van der Waals surface area (Å²) in [6, 6.07) is 10.7. The Morgan fingerprint density at radius 2 is 2.03 bits per heavy atom. The molecule has 0 saturated carbocycles. The summed E-state index contributed by atoms with van der Waals surface area (Å²) < 4.78 is 5.69. The van der Waals surface area contributed by atoms with Crippen molar-refractivity contribution < 1.29 is 9.53 Å². The average Bonchev–Trinajstić information content (AvgIpc) is 3.20. The minimum atomic E-state index is 0.00327. The molecule has 1 N–H and O–H groups in total. The van der Waals surface area contributed by atoms with Gasteiger partial charge in [0.1, 0.15) is 17.0 Å². The van der Waals surface area contributed by atoms with E-state index in [-0.39, 0.29) is 11.3 Å².